The minimum absolute atomic E-state index is 0. The zero-order valence-corrected chi connectivity index (χ0v) is 19.6. The third kappa shape index (κ3) is 10.3. The molecule has 2 aliphatic rings. The highest BCUT2D eigenvalue weighted by Crippen LogP contribution is 2.20. The Morgan fingerprint density at radius 1 is 1.11 bits per heavy atom. The van der Waals surface area contributed by atoms with Crippen LogP contribution in [0, 0.1) is 5.92 Å². The van der Waals surface area contributed by atoms with Crippen molar-refractivity contribution in [1.29, 1.82) is 0 Å². The van der Waals surface area contributed by atoms with Crippen molar-refractivity contribution in [3.63, 3.8) is 0 Å². The van der Waals surface area contributed by atoms with Gasteiger partial charge in [-0.15, -0.1) is 24.0 Å². The Balaban J connectivity index is 0.00000364. The van der Waals surface area contributed by atoms with Crippen LogP contribution in [0.1, 0.15) is 51.9 Å². The van der Waals surface area contributed by atoms with Crippen molar-refractivity contribution in [2.45, 2.75) is 58.0 Å². The Hall–Kier alpha value is -0.120. The van der Waals surface area contributed by atoms with Gasteiger partial charge < -0.3 is 24.4 Å². The van der Waals surface area contributed by atoms with E-state index in [2.05, 4.69) is 17.1 Å². The number of aliphatic imine (C=N–C) groups is 1. The Morgan fingerprint density at radius 3 is 2.67 bits per heavy atom. The average Bonchev–Trinajstić information content (AvgIpc) is 3.14. The number of nitrogens with zero attached hydrogens (tertiary/aromatic N) is 2. The van der Waals surface area contributed by atoms with Gasteiger partial charge in [0.15, 0.2) is 5.96 Å². The molecule has 1 saturated carbocycles. The summed E-state index contributed by atoms with van der Waals surface area (Å²) in [4.78, 5) is 7.18. The molecule has 0 amide bonds. The topological polar surface area (TPSA) is 55.3 Å². The lowest BCUT2D eigenvalue weighted by Gasteiger charge is -2.22. The van der Waals surface area contributed by atoms with Crippen LogP contribution in [0.4, 0.5) is 0 Å². The summed E-state index contributed by atoms with van der Waals surface area (Å²) < 4.78 is 16.7. The van der Waals surface area contributed by atoms with Crippen LogP contribution in [0.2, 0.25) is 0 Å². The molecule has 1 atom stereocenters. The lowest BCUT2D eigenvalue weighted by atomic mass is 9.98. The highest BCUT2D eigenvalue weighted by Gasteiger charge is 2.24. The number of nitrogens with one attached hydrogen (secondary N) is 1. The van der Waals surface area contributed by atoms with Gasteiger partial charge in [-0.2, -0.15) is 0 Å². The third-order valence-electron chi connectivity index (χ3n) is 5.18. The Bertz CT molecular complexity index is 393. The van der Waals surface area contributed by atoms with Crippen LogP contribution >= 0.6 is 24.0 Å². The van der Waals surface area contributed by atoms with Gasteiger partial charge in [0.2, 0.25) is 0 Å². The van der Waals surface area contributed by atoms with Crippen LogP contribution in [0.3, 0.4) is 0 Å². The molecule has 160 valence electrons. The molecule has 27 heavy (non-hydrogen) atoms. The van der Waals surface area contributed by atoms with E-state index in [-0.39, 0.29) is 24.0 Å². The van der Waals surface area contributed by atoms with Crippen molar-refractivity contribution in [2.24, 2.45) is 10.9 Å². The van der Waals surface area contributed by atoms with Crippen molar-refractivity contribution in [3.8, 4) is 0 Å². The number of ether oxygens (including phenoxy) is 3. The van der Waals surface area contributed by atoms with Gasteiger partial charge in [0.1, 0.15) is 0 Å². The molecule has 0 aromatic rings. The molecule has 0 aromatic carbocycles. The fourth-order valence-electron chi connectivity index (χ4n) is 3.71. The molecule has 2 fully saturated rings. The molecule has 1 N–H and O–H groups in total. The van der Waals surface area contributed by atoms with Crippen molar-refractivity contribution < 1.29 is 14.2 Å². The Kier molecular flexibility index (Phi) is 14.5. The van der Waals surface area contributed by atoms with Gasteiger partial charge in [-0.3, -0.25) is 4.99 Å². The normalized spacial score (nSPS) is 21.3. The molecule has 6 nitrogen and oxygen atoms in total. The second-order valence-corrected chi connectivity index (χ2v) is 7.39. The summed E-state index contributed by atoms with van der Waals surface area (Å²) >= 11 is 0. The molecule has 1 aliphatic carbocycles. The molecule has 0 spiro atoms. The van der Waals surface area contributed by atoms with Gasteiger partial charge in [0.05, 0.1) is 25.9 Å². The maximum atomic E-state index is 6.00. The van der Waals surface area contributed by atoms with E-state index in [0.29, 0.717) is 25.2 Å². The largest absolute Gasteiger partial charge is 0.382 e. The number of hydrogen-bond donors (Lipinski definition) is 1. The predicted molar refractivity (Wildman–Crippen MR) is 121 cm³/mol. The van der Waals surface area contributed by atoms with Gasteiger partial charge in [-0.25, -0.2) is 0 Å². The molecule has 7 heteroatoms. The number of methoxy groups -OCH3 is 1. The predicted octanol–water partition coefficient (Wildman–Crippen LogP) is 3.29. The number of halogens is 1. The molecule has 2 rings (SSSR count). The molecule has 0 radical (unpaired) electrons. The van der Waals surface area contributed by atoms with Gasteiger partial charge in [0.25, 0.3) is 0 Å². The van der Waals surface area contributed by atoms with Gasteiger partial charge in [0, 0.05) is 45.8 Å². The van der Waals surface area contributed by atoms with Crippen LogP contribution < -0.4 is 5.32 Å². The van der Waals surface area contributed by atoms with Crippen LogP contribution in [0.15, 0.2) is 4.99 Å². The average molecular weight is 497 g/mol. The second-order valence-electron chi connectivity index (χ2n) is 7.39. The highest BCUT2D eigenvalue weighted by molar-refractivity contribution is 14.0. The maximum Gasteiger partial charge on any atom is 0.193 e. The lowest BCUT2D eigenvalue weighted by Crippen LogP contribution is -2.40. The Labute approximate surface area is 182 Å². The molecular formula is C20H40IN3O3. The first-order valence-electron chi connectivity index (χ1n) is 10.5. The third-order valence-corrected chi connectivity index (χ3v) is 5.18. The standard InChI is InChI=1S/C20H39N3O3.HI/c1-3-21-20(22-11-7-13-26-19-8-5-4-6-9-19)23-12-10-18(16-23)17-25-15-14-24-2;/h18-19H,3-17H2,1-2H3,(H,21,22);1H. The summed E-state index contributed by atoms with van der Waals surface area (Å²) in [5.41, 5.74) is 0. The number of rotatable bonds is 11. The summed E-state index contributed by atoms with van der Waals surface area (Å²) in [6.07, 6.45) is 9.20. The van der Waals surface area contributed by atoms with E-state index in [0.717, 1.165) is 51.8 Å². The molecule has 1 saturated heterocycles. The zero-order chi connectivity index (χ0) is 18.5. The van der Waals surface area contributed by atoms with Crippen LogP contribution in [-0.2, 0) is 14.2 Å². The molecule has 1 heterocycles. The number of hydrogen-bond acceptors (Lipinski definition) is 4. The minimum Gasteiger partial charge on any atom is -0.382 e. The van der Waals surface area contributed by atoms with E-state index in [1.54, 1.807) is 7.11 Å². The van der Waals surface area contributed by atoms with Gasteiger partial charge in [-0.1, -0.05) is 19.3 Å². The summed E-state index contributed by atoms with van der Waals surface area (Å²) in [5, 5.41) is 3.44. The first kappa shape index (κ1) is 24.9. The fraction of sp³-hybridized carbons (Fsp3) is 0.950. The van der Waals surface area contributed by atoms with Crippen LogP contribution in [-0.4, -0.2) is 76.7 Å². The maximum absolute atomic E-state index is 6.00. The van der Waals surface area contributed by atoms with E-state index in [1.807, 2.05) is 0 Å². The smallest absolute Gasteiger partial charge is 0.193 e. The lowest BCUT2D eigenvalue weighted by molar-refractivity contribution is 0.0281. The van der Waals surface area contributed by atoms with Crippen molar-refractivity contribution in [1.82, 2.24) is 10.2 Å². The van der Waals surface area contributed by atoms with Crippen molar-refractivity contribution in [2.75, 3.05) is 59.7 Å². The van der Waals surface area contributed by atoms with Crippen LogP contribution in [0.25, 0.3) is 0 Å². The van der Waals surface area contributed by atoms with E-state index < -0.39 is 0 Å². The van der Waals surface area contributed by atoms with E-state index in [9.17, 15) is 0 Å². The van der Waals surface area contributed by atoms with Crippen LogP contribution in [0.5, 0.6) is 0 Å². The summed E-state index contributed by atoms with van der Waals surface area (Å²) in [6, 6.07) is 0. The fourth-order valence-corrected chi connectivity index (χ4v) is 3.71. The van der Waals surface area contributed by atoms with Crippen molar-refractivity contribution in [3.05, 3.63) is 0 Å². The van der Waals surface area contributed by atoms with E-state index in [1.165, 1.54) is 38.5 Å². The van der Waals surface area contributed by atoms with E-state index >= 15 is 0 Å². The quantitative estimate of drug-likeness (QED) is 0.206. The first-order valence-corrected chi connectivity index (χ1v) is 10.5. The van der Waals surface area contributed by atoms with Gasteiger partial charge >= 0.3 is 0 Å². The molecule has 1 unspecified atom stereocenters. The summed E-state index contributed by atoms with van der Waals surface area (Å²) in [7, 11) is 1.71. The summed E-state index contributed by atoms with van der Waals surface area (Å²) in [6.45, 7) is 8.95. The monoisotopic (exact) mass is 497 g/mol. The molecule has 1 aliphatic heterocycles. The zero-order valence-electron chi connectivity index (χ0n) is 17.3. The van der Waals surface area contributed by atoms with Crippen molar-refractivity contribution >= 4 is 29.9 Å². The van der Waals surface area contributed by atoms with Gasteiger partial charge in [-0.05, 0) is 32.6 Å². The molecule has 0 aromatic heterocycles. The van der Waals surface area contributed by atoms with E-state index in [4.69, 9.17) is 19.2 Å². The molecular weight excluding hydrogens is 457 g/mol. The summed E-state index contributed by atoms with van der Waals surface area (Å²) in [5.74, 6) is 1.63. The second kappa shape index (κ2) is 15.8. The Morgan fingerprint density at radius 2 is 1.93 bits per heavy atom. The molecule has 0 bridgehead atoms. The SMILES string of the molecule is CCNC(=NCCCOC1CCCCC1)N1CCC(COCCOC)C1.I. The first-order chi connectivity index (χ1) is 12.8. The highest BCUT2D eigenvalue weighted by atomic mass is 127. The number of likely N-dealkylation sites (tertiary alicyclic amines) is 1. The number of guanidine groups is 1. The minimum atomic E-state index is 0.